The predicted octanol–water partition coefficient (Wildman–Crippen LogP) is 4.73. The van der Waals surface area contributed by atoms with E-state index in [4.69, 9.17) is 16.0 Å². The van der Waals surface area contributed by atoms with Gasteiger partial charge in [0, 0.05) is 27.9 Å². The second-order valence-corrected chi connectivity index (χ2v) is 5.73. The van der Waals surface area contributed by atoms with Gasteiger partial charge in [-0.1, -0.05) is 23.7 Å². The van der Waals surface area contributed by atoms with Crippen LogP contribution in [0, 0.1) is 0 Å². The topological polar surface area (TPSA) is 70.9 Å². The lowest BCUT2D eigenvalue weighted by Crippen LogP contribution is -2.10. The van der Waals surface area contributed by atoms with Gasteiger partial charge in [-0.2, -0.15) is 5.10 Å². The standard InChI is InChI=1S/C18H12ClN3O2/c19-13-4-5-16-12(8-13)10-17(24-16)18(23)21-14-3-1-2-11(9-14)15-6-7-20-22-15/h1-10H,(H,20,22)(H,21,23). The average molecular weight is 338 g/mol. The molecule has 2 aromatic heterocycles. The molecule has 4 aromatic rings. The lowest BCUT2D eigenvalue weighted by atomic mass is 10.1. The van der Waals surface area contributed by atoms with E-state index in [-0.39, 0.29) is 11.7 Å². The Morgan fingerprint density at radius 1 is 1.12 bits per heavy atom. The summed E-state index contributed by atoms with van der Waals surface area (Å²) in [6.45, 7) is 0. The van der Waals surface area contributed by atoms with Crippen molar-refractivity contribution in [1.82, 2.24) is 10.2 Å². The number of halogens is 1. The van der Waals surface area contributed by atoms with Crippen LogP contribution < -0.4 is 5.32 Å². The van der Waals surface area contributed by atoms with Crippen molar-refractivity contribution in [3.8, 4) is 11.3 Å². The number of anilines is 1. The molecular formula is C18H12ClN3O2. The first kappa shape index (κ1) is 14.5. The first-order chi connectivity index (χ1) is 11.7. The number of furan rings is 1. The summed E-state index contributed by atoms with van der Waals surface area (Å²) in [5.41, 5.74) is 3.10. The molecule has 0 atom stereocenters. The Kier molecular flexibility index (Phi) is 3.55. The lowest BCUT2D eigenvalue weighted by Gasteiger charge is -2.05. The van der Waals surface area contributed by atoms with Gasteiger partial charge in [-0.15, -0.1) is 0 Å². The summed E-state index contributed by atoms with van der Waals surface area (Å²) in [6, 6.07) is 16.3. The van der Waals surface area contributed by atoms with E-state index in [0.717, 1.165) is 16.6 Å². The summed E-state index contributed by atoms with van der Waals surface area (Å²) in [4.78, 5) is 12.4. The molecule has 0 unspecified atom stereocenters. The maximum atomic E-state index is 12.4. The molecule has 0 bridgehead atoms. The molecule has 2 heterocycles. The van der Waals surface area contributed by atoms with Gasteiger partial charge in [-0.3, -0.25) is 9.89 Å². The molecule has 4 rings (SSSR count). The fourth-order valence-corrected chi connectivity index (χ4v) is 2.68. The van der Waals surface area contributed by atoms with Crippen LogP contribution in [-0.4, -0.2) is 16.1 Å². The summed E-state index contributed by atoms with van der Waals surface area (Å²) in [5.74, 6) is -0.0803. The van der Waals surface area contributed by atoms with Gasteiger partial charge in [0.2, 0.25) is 0 Å². The van der Waals surface area contributed by atoms with E-state index >= 15 is 0 Å². The molecule has 0 saturated carbocycles. The van der Waals surface area contributed by atoms with Crippen LogP contribution >= 0.6 is 11.6 Å². The maximum Gasteiger partial charge on any atom is 0.291 e. The van der Waals surface area contributed by atoms with Crippen molar-refractivity contribution in [3.63, 3.8) is 0 Å². The SMILES string of the molecule is O=C(Nc1cccc(-c2ccn[nH]2)c1)c1cc2cc(Cl)ccc2o1. The Hall–Kier alpha value is -3.05. The third-order valence-electron chi connectivity index (χ3n) is 3.63. The number of nitrogens with zero attached hydrogens (tertiary/aromatic N) is 1. The quantitative estimate of drug-likeness (QED) is 0.567. The van der Waals surface area contributed by atoms with Crippen molar-refractivity contribution in [2.45, 2.75) is 0 Å². The highest BCUT2D eigenvalue weighted by molar-refractivity contribution is 6.31. The van der Waals surface area contributed by atoms with Crippen molar-refractivity contribution >= 4 is 34.2 Å². The van der Waals surface area contributed by atoms with E-state index in [9.17, 15) is 4.79 Å². The van der Waals surface area contributed by atoms with E-state index in [1.54, 1.807) is 30.5 Å². The van der Waals surface area contributed by atoms with Gasteiger partial charge in [0.05, 0.1) is 5.69 Å². The summed E-state index contributed by atoms with van der Waals surface area (Å²) in [5, 5.41) is 11.1. The number of carbonyl (C=O) groups is 1. The lowest BCUT2D eigenvalue weighted by molar-refractivity contribution is 0.0998. The molecule has 118 valence electrons. The van der Waals surface area contributed by atoms with E-state index in [0.29, 0.717) is 16.3 Å². The molecule has 0 aliphatic heterocycles. The number of aromatic amines is 1. The number of amides is 1. The molecular weight excluding hydrogens is 326 g/mol. The van der Waals surface area contributed by atoms with Gasteiger partial charge >= 0.3 is 0 Å². The highest BCUT2D eigenvalue weighted by Crippen LogP contribution is 2.25. The number of benzene rings is 2. The Bertz CT molecular complexity index is 1020. The van der Waals surface area contributed by atoms with Gasteiger partial charge in [-0.25, -0.2) is 0 Å². The van der Waals surface area contributed by atoms with Crippen LogP contribution in [0.4, 0.5) is 5.69 Å². The molecule has 0 radical (unpaired) electrons. The molecule has 0 aliphatic carbocycles. The Morgan fingerprint density at radius 2 is 2.04 bits per heavy atom. The highest BCUT2D eigenvalue weighted by Gasteiger charge is 2.13. The van der Waals surface area contributed by atoms with Crippen LogP contribution in [0.5, 0.6) is 0 Å². The van der Waals surface area contributed by atoms with E-state index in [1.807, 2.05) is 30.3 Å². The molecule has 0 aliphatic rings. The van der Waals surface area contributed by atoms with Crippen LogP contribution in [0.2, 0.25) is 5.02 Å². The molecule has 24 heavy (non-hydrogen) atoms. The molecule has 0 fully saturated rings. The van der Waals surface area contributed by atoms with Gasteiger partial charge in [0.25, 0.3) is 5.91 Å². The molecule has 5 nitrogen and oxygen atoms in total. The predicted molar refractivity (Wildman–Crippen MR) is 93.2 cm³/mol. The molecule has 2 N–H and O–H groups in total. The van der Waals surface area contributed by atoms with Crippen molar-refractivity contribution in [3.05, 3.63) is 71.6 Å². The molecule has 1 amide bonds. The van der Waals surface area contributed by atoms with Gasteiger partial charge in [-0.05, 0) is 42.5 Å². The van der Waals surface area contributed by atoms with Crippen molar-refractivity contribution in [2.75, 3.05) is 5.32 Å². The van der Waals surface area contributed by atoms with E-state index in [1.165, 1.54) is 0 Å². The minimum Gasteiger partial charge on any atom is -0.451 e. The fraction of sp³-hybridized carbons (Fsp3) is 0. The number of hydrogen-bond donors (Lipinski definition) is 2. The largest absolute Gasteiger partial charge is 0.451 e. The number of hydrogen-bond acceptors (Lipinski definition) is 3. The Balaban J connectivity index is 1.60. The van der Waals surface area contributed by atoms with Crippen LogP contribution in [0.3, 0.4) is 0 Å². The summed E-state index contributed by atoms with van der Waals surface area (Å²) in [7, 11) is 0. The first-order valence-corrected chi connectivity index (χ1v) is 7.67. The summed E-state index contributed by atoms with van der Waals surface area (Å²) in [6.07, 6.45) is 1.68. The maximum absolute atomic E-state index is 12.4. The third kappa shape index (κ3) is 2.77. The second-order valence-electron chi connectivity index (χ2n) is 5.30. The van der Waals surface area contributed by atoms with Gasteiger partial charge in [0.15, 0.2) is 5.76 Å². The van der Waals surface area contributed by atoms with Crippen molar-refractivity contribution in [1.29, 1.82) is 0 Å². The molecule has 0 saturated heterocycles. The minimum absolute atomic E-state index is 0.235. The fourth-order valence-electron chi connectivity index (χ4n) is 2.50. The third-order valence-corrected chi connectivity index (χ3v) is 3.87. The Labute approximate surface area is 142 Å². The summed E-state index contributed by atoms with van der Waals surface area (Å²) >= 11 is 5.95. The van der Waals surface area contributed by atoms with E-state index in [2.05, 4.69) is 15.5 Å². The van der Waals surface area contributed by atoms with Crippen molar-refractivity contribution in [2.24, 2.45) is 0 Å². The summed E-state index contributed by atoms with van der Waals surface area (Å²) < 4.78 is 5.57. The monoisotopic (exact) mass is 337 g/mol. The number of H-pyrrole nitrogens is 1. The number of aromatic nitrogens is 2. The van der Waals surface area contributed by atoms with Crippen LogP contribution in [-0.2, 0) is 0 Å². The molecule has 0 spiro atoms. The first-order valence-electron chi connectivity index (χ1n) is 7.29. The average Bonchev–Trinajstić information content (AvgIpc) is 3.24. The normalized spacial score (nSPS) is 10.9. The zero-order valence-corrected chi connectivity index (χ0v) is 13.2. The Morgan fingerprint density at radius 3 is 2.88 bits per heavy atom. The number of fused-ring (bicyclic) bond motifs is 1. The number of carbonyl (C=O) groups excluding carboxylic acids is 1. The highest BCUT2D eigenvalue weighted by atomic mass is 35.5. The van der Waals surface area contributed by atoms with Crippen LogP contribution in [0.25, 0.3) is 22.2 Å². The minimum atomic E-state index is -0.316. The van der Waals surface area contributed by atoms with E-state index < -0.39 is 0 Å². The molecule has 2 aromatic carbocycles. The smallest absolute Gasteiger partial charge is 0.291 e. The van der Waals surface area contributed by atoms with Gasteiger partial charge in [0.1, 0.15) is 5.58 Å². The number of rotatable bonds is 3. The zero-order chi connectivity index (χ0) is 16.5. The zero-order valence-electron chi connectivity index (χ0n) is 12.4. The number of nitrogens with one attached hydrogen (secondary N) is 2. The molecule has 6 heteroatoms. The van der Waals surface area contributed by atoms with Gasteiger partial charge < -0.3 is 9.73 Å². The van der Waals surface area contributed by atoms with Crippen LogP contribution in [0.1, 0.15) is 10.6 Å². The van der Waals surface area contributed by atoms with Crippen molar-refractivity contribution < 1.29 is 9.21 Å². The second kappa shape index (κ2) is 5.86. The van der Waals surface area contributed by atoms with Crippen LogP contribution in [0.15, 0.2) is 65.2 Å².